The van der Waals surface area contributed by atoms with Crippen molar-refractivity contribution in [3.8, 4) is 0 Å². The van der Waals surface area contributed by atoms with Gasteiger partial charge in [0.05, 0.1) is 32.0 Å². The van der Waals surface area contributed by atoms with Gasteiger partial charge in [-0.2, -0.15) is 0 Å². The summed E-state index contributed by atoms with van der Waals surface area (Å²) in [5.41, 5.74) is 1.10. The molecule has 3 rings (SSSR count). The zero-order valence-electron chi connectivity index (χ0n) is 19.1. The molecule has 7 nitrogen and oxygen atoms in total. The van der Waals surface area contributed by atoms with Gasteiger partial charge in [-0.25, -0.2) is 9.98 Å². The number of hydrogen-bond donors (Lipinski definition) is 2. The molecule has 1 saturated heterocycles. The molecular weight excluding hydrogens is 505 g/mol. The summed E-state index contributed by atoms with van der Waals surface area (Å²) < 4.78 is 11.7. The number of nitrogens with one attached hydrogen (secondary N) is 2. The van der Waals surface area contributed by atoms with E-state index in [1.165, 1.54) is 38.5 Å². The van der Waals surface area contributed by atoms with Crippen LogP contribution in [0.4, 0.5) is 5.82 Å². The lowest BCUT2D eigenvalue weighted by molar-refractivity contribution is 0.0468. The molecule has 0 amide bonds. The predicted molar refractivity (Wildman–Crippen MR) is 138 cm³/mol. The lowest BCUT2D eigenvalue weighted by atomic mass is 10.1. The molecule has 1 aromatic heterocycles. The Morgan fingerprint density at radius 1 is 1.23 bits per heavy atom. The monoisotopic (exact) mass is 545 g/mol. The SMILES string of the molecule is CCNC(=NCc1ccc(N2CCOC(C)C2)nc1)NCCOC1CCCCCC1.I. The smallest absolute Gasteiger partial charge is 0.191 e. The quantitative estimate of drug-likeness (QED) is 0.171. The van der Waals surface area contributed by atoms with E-state index < -0.39 is 0 Å². The van der Waals surface area contributed by atoms with Crippen LogP contribution in [0.25, 0.3) is 0 Å². The summed E-state index contributed by atoms with van der Waals surface area (Å²) in [6, 6.07) is 4.20. The molecule has 2 N–H and O–H groups in total. The highest BCUT2D eigenvalue weighted by Gasteiger charge is 2.17. The van der Waals surface area contributed by atoms with Crippen molar-refractivity contribution >= 4 is 35.8 Å². The molecule has 2 heterocycles. The lowest BCUT2D eigenvalue weighted by Gasteiger charge is -2.32. The molecule has 31 heavy (non-hydrogen) atoms. The highest BCUT2D eigenvalue weighted by atomic mass is 127. The van der Waals surface area contributed by atoms with Gasteiger partial charge in [-0.1, -0.05) is 31.7 Å². The van der Waals surface area contributed by atoms with Gasteiger partial charge in [0.25, 0.3) is 0 Å². The predicted octanol–water partition coefficient (Wildman–Crippen LogP) is 3.72. The van der Waals surface area contributed by atoms with Gasteiger partial charge in [0.1, 0.15) is 5.82 Å². The molecule has 1 unspecified atom stereocenters. The first-order valence-corrected chi connectivity index (χ1v) is 11.7. The Hall–Kier alpha value is -1.13. The van der Waals surface area contributed by atoms with Crippen molar-refractivity contribution in [2.75, 3.05) is 44.3 Å². The van der Waals surface area contributed by atoms with E-state index in [-0.39, 0.29) is 30.1 Å². The Balaban J connectivity index is 0.00000341. The van der Waals surface area contributed by atoms with E-state index in [4.69, 9.17) is 14.5 Å². The van der Waals surface area contributed by atoms with Gasteiger partial charge in [-0.15, -0.1) is 24.0 Å². The average Bonchev–Trinajstić information content (AvgIpc) is 3.04. The Labute approximate surface area is 204 Å². The van der Waals surface area contributed by atoms with Crippen molar-refractivity contribution in [2.45, 2.75) is 71.1 Å². The van der Waals surface area contributed by atoms with E-state index in [9.17, 15) is 0 Å². The van der Waals surface area contributed by atoms with E-state index in [0.717, 1.165) is 56.7 Å². The van der Waals surface area contributed by atoms with Crippen LogP contribution < -0.4 is 15.5 Å². The number of ether oxygens (including phenoxy) is 2. The van der Waals surface area contributed by atoms with Gasteiger partial charge in [0, 0.05) is 32.4 Å². The van der Waals surface area contributed by atoms with Crippen LogP contribution in [0.2, 0.25) is 0 Å². The van der Waals surface area contributed by atoms with Gasteiger partial charge in [0.15, 0.2) is 5.96 Å². The van der Waals surface area contributed by atoms with Crippen LogP contribution in [0.15, 0.2) is 23.3 Å². The van der Waals surface area contributed by atoms with E-state index in [1.54, 1.807) is 0 Å². The standard InChI is InChI=1S/C23H39N5O2.HI/c1-3-24-23(25-12-14-30-21-8-6-4-5-7-9-21)27-17-20-10-11-22(26-16-20)28-13-15-29-19(2)18-28;/h10-11,16,19,21H,3-9,12-15,17-18H2,1-2H3,(H2,24,25,27);1H. The molecule has 0 spiro atoms. The minimum Gasteiger partial charge on any atom is -0.376 e. The third-order valence-corrected chi connectivity index (χ3v) is 5.69. The molecule has 1 aromatic rings. The van der Waals surface area contributed by atoms with Crippen LogP contribution in [-0.4, -0.2) is 62.5 Å². The summed E-state index contributed by atoms with van der Waals surface area (Å²) in [5.74, 6) is 1.84. The maximum absolute atomic E-state index is 6.06. The summed E-state index contributed by atoms with van der Waals surface area (Å²) >= 11 is 0. The third-order valence-electron chi connectivity index (χ3n) is 5.69. The summed E-state index contributed by atoms with van der Waals surface area (Å²) in [4.78, 5) is 11.6. The fourth-order valence-electron chi connectivity index (χ4n) is 4.04. The van der Waals surface area contributed by atoms with Crippen LogP contribution in [0.1, 0.15) is 57.9 Å². The largest absolute Gasteiger partial charge is 0.376 e. The van der Waals surface area contributed by atoms with Gasteiger partial charge < -0.3 is 25.0 Å². The van der Waals surface area contributed by atoms with E-state index in [2.05, 4.69) is 46.5 Å². The number of aromatic nitrogens is 1. The number of guanidine groups is 1. The molecule has 0 aromatic carbocycles. The highest BCUT2D eigenvalue weighted by molar-refractivity contribution is 14.0. The average molecular weight is 546 g/mol. The number of pyridine rings is 1. The molecule has 176 valence electrons. The van der Waals surface area contributed by atoms with Crippen LogP contribution in [0, 0.1) is 0 Å². The summed E-state index contributed by atoms with van der Waals surface area (Å²) in [6.07, 6.45) is 10.4. The molecule has 1 aliphatic carbocycles. The summed E-state index contributed by atoms with van der Waals surface area (Å²) in [5, 5.41) is 6.70. The Morgan fingerprint density at radius 2 is 2.03 bits per heavy atom. The topological polar surface area (TPSA) is 71.0 Å². The van der Waals surface area contributed by atoms with Crippen molar-refractivity contribution in [1.29, 1.82) is 0 Å². The molecular formula is C23H40IN5O2. The maximum atomic E-state index is 6.06. The number of anilines is 1. The number of morpholine rings is 1. The minimum atomic E-state index is 0. The number of rotatable bonds is 8. The van der Waals surface area contributed by atoms with Crippen molar-refractivity contribution in [3.05, 3.63) is 23.9 Å². The van der Waals surface area contributed by atoms with Crippen LogP contribution >= 0.6 is 24.0 Å². The van der Waals surface area contributed by atoms with Crippen LogP contribution in [0.5, 0.6) is 0 Å². The number of halogens is 1. The Kier molecular flexibility index (Phi) is 12.5. The minimum absolute atomic E-state index is 0. The molecule has 0 radical (unpaired) electrons. The van der Waals surface area contributed by atoms with Gasteiger partial charge in [-0.05, 0) is 38.3 Å². The number of nitrogens with zero attached hydrogens (tertiary/aromatic N) is 3. The molecule has 1 saturated carbocycles. The molecule has 8 heteroatoms. The zero-order chi connectivity index (χ0) is 21.0. The Morgan fingerprint density at radius 3 is 2.71 bits per heavy atom. The zero-order valence-corrected chi connectivity index (χ0v) is 21.5. The van der Waals surface area contributed by atoms with E-state index in [0.29, 0.717) is 12.6 Å². The number of aliphatic imine (C=N–C) groups is 1. The van der Waals surface area contributed by atoms with Crippen molar-refractivity contribution < 1.29 is 9.47 Å². The first-order valence-electron chi connectivity index (χ1n) is 11.7. The van der Waals surface area contributed by atoms with Gasteiger partial charge in [0.2, 0.25) is 0 Å². The second kappa shape index (κ2) is 14.8. The first kappa shape index (κ1) is 26.1. The first-order chi connectivity index (χ1) is 14.7. The van der Waals surface area contributed by atoms with Crippen LogP contribution in [-0.2, 0) is 16.0 Å². The third kappa shape index (κ3) is 9.49. The lowest BCUT2D eigenvalue weighted by Crippen LogP contribution is -2.41. The highest BCUT2D eigenvalue weighted by Crippen LogP contribution is 2.19. The second-order valence-corrected chi connectivity index (χ2v) is 8.26. The molecule has 1 aliphatic heterocycles. The summed E-state index contributed by atoms with van der Waals surface area (Å²) in [6.45, 7) is 9.67. The van der Waals surface area contributed by atoms with Crippen molar-refractivity contribution in [1.82, 2.24) is 15.6 Å². The molecule has 2 fully saturated rings. The second-order valence-electron chi connectivity index (χ2n) is 8.26. The number of hydrogen-bond acceptors (Lipinski definition) is 5. The Bertz CT molecular complexity index is 635. The van der Waals surface area contributed by atoms with E-state index in [1.807, 2.05) is 6.20 Å². The van der Waals surface area contributed by atoms with Gasteiger partial charge in [-0.3, -0.25) is 0 Å². The van der Waals surface area contributed by atoms with Crippen molar-refractivity contribution in [2.24, 2.45) is 4.99 Å². The van der Waals surface area contributed by atoms with E-state index >= 15 is 0 Å². The molecule has 1 atom stereocenters. The molecule has 2 aliphatic rings. The summed E-state index contributed by atoms with van der Waals surface area (Å²) in [7, 11) is 0. The molecule has 0 bridgehead atoms. The fourth-order valence-corrected chi connectivity index (χ4v) is 4.04. The van der Waals surface area contributed by atoms with Gasteiger partial charge >= 0.3 is 0 Å². The normalized spacial score (nSPS) is 20.6. The van der Waals surface area contributed by atoms with Crippen molar-refractivity contribution in [3.63, 3.8) is 0 Å². The fraction of sp³-hybridized carbons (Fsp3) is 0.739. The maximum Gasteiger partial charge on any atom is 0.191 e. The van der Waals surface area contributed by atoms with Crippen LogP contribution in [0.3, 0.4) is 0 Å².